The number of benzene rings is 1. The molecule has 0 spiro atoms. The van der Waals surface area contributed by atoms with E-state index in [0.717, 1.165) is 44.3 Å². The summed E-state index contributed by atoms with van der Waals surface area (Å²) < 4.78 is 6.51. The Kier molecular flexibility index (Phi) is 6.13. The van der Waals surface area contributed by atoms with Crippen LogP contribution in [0.25, 0.3) is 0 Å². The van der Waals surface area contributed by atoms with Gasteiger partial charge in [-0.25, -0.2) is 0 Å². The van der Waals surface area contributed by atoms with Gasteiger partial charge in [-0.15, -0.1) is 0 Å². The number of rotatable bonds is 6. The number of carbonyl (C=O) groups excluding carboxylic acids is 1. The molecule has 5 heteroatoms. The summed E-state index contributed by atoms with van der Waals surface area (Å²) >= 11 is 0. The third-order valence-electron chi connectivity index (χ3n) is 7.84. The standard InChI is InChI=1S/C26H35N3O2/c1-18-16-23(18)26(30)29-15-5-8-22(24-13-14-27-28-24)25(29)17-31-21-11-9-20(10-12-21)19-6-3-2-4-7-19/h2-4,6-7,13-14,18,20-23,25H,5,8-12,15-17H2,1H3,(H,27,28)/t18-,20?,21?,22?,23+,25?/m0/s1. The Labute approximate surface area is 185 Å². The van der Waals surface area contributed by atoms with Crippen LogP contribution in [0.4, 0.5) is 0 Å². The van der Waals surface area contributed by atoms with E-state index in [1.54, 1.807) is 0 Å². The largest absolute Gasteiger partial charge is 0.376 e. The molecule has 2 aliphatic carbocycles. The molecule has 2 unspecified atom stereocenters. The monoisotopic (exact) mass is 421 g/mol. The molecule has 3 aliphatic rings. The molecule has 3 fully saturated rings. The van der Waals surface area contributed by atoms with Crippen LogP contribution in [-0.4, -0.2) is 46.3 Å². The molecule has 2 aromatic rings. The first kappa shape index (κ1) is 20.7. The molecule has 1 aromatic heterocycles. The van der Waals surface area contributed by atoms with Gasteiger partial charge in [0.2, 0.25) is 5.91 Å². The molecule has 1 amide bonds. The van der Waals surface area contributed by atoms with Gasteiger partial charge in [0, 0.05) is 24.6 Å². The van der Waals surface area contributed by atoms with Crippen molar-refractivity contribution in [3.63, 3.8) is 0 Å². The highest BCUT2D eigenvalue weighted by molar-refractivity contribution is 5.82. The zero-order valence-corrected chi connectivity index (χ0v) is 18.6. The minimum absolute atomic E-state index is 0.101. The maximum absolute atomic E-state index is 13.2. The number of aromatic nitrogens is 2. The second-order valence-corrected chi connectivity index (χ2v) is 9.88. The SMILES string of the molecule is C[C@H]1C[C@H]1C(=O)N1CCCC(c2cc[nH]n2)C1COC1CCC(c2ccccc2)CC1. The predicted octanol–water partition coefficient (Wildman–Crippen LogP) is 4.88. The number of hydrogen-bond donors (Lipinski definition) is 1. The van der Waals surface area contributed by atoms with Crippen molar-refractivity contribution in [3.05, 3.63) is 53.9 Å². The molecule has 1 aromatic carbocycles. The lowest BCUT2D eigenvalue weighted by Gasteiger charge is -2.42. The van der Waals surface area contributed by atoms with E-state index < -0.39 is 0 Å². The molecule has 31 heavy (non-hydrogen) atoms. The molecule has 1 N–H and O–H groups in total. The fourth-order valence-corrected chi connectivity index (χ4v) is 5.76. The zero-order chi connectivity index (χ0) is 21.2. The van der Waals surface area contributed by atoms with Gasteiger partial charge in [0.25, 0.3) is 0 Å². The highest BCUT2D eigenvalue weighted by atomic mass is 16.5. The molecule has 166 valence electrons. The quantitative estimate of drug-likeness (QED) is 0.723. The third kappa shape index (κ3) is 4.57. The van der Waals surface area contributed by atoms with Crippen molar-refractivity contribution in [2.45, 2.75) is 75.9 Å². The summed E-state index contributed by atoms with van der Waals surface area (Å²) in [6.07, 6.45) is 9.93. The number of piperidine rings is 1. The van der Waals surface area contributed by atoms with Crippen molar-refractivity contribution in [3.8, 4) is 0 Å². The number of nitrogens with zero attached hydrogens (tertiary/aromatic N) is 2. The minimum Gasteiger partial charge on any atom is -0.376 e. The first-order chi connectivity index (χ1) is 15.2. The number of carbonyl (C=O) groups is 1. The Morgan fingerprint density at radius 1 is 1.13 bits per heavy atom. The number of nitrogens with one attached hydrogen (secondary N) is 1. The van der Waals surface area contributed by atoms with Crippen molar-refractivity contribution in [2.75, 3.05) is 13.2 Å². The minimum atomic E-state index is 0.101. The third-order valence-corrected chi connectivity index (χ3v) is 7.84. The summed E-state index contributed by atoms with van der Waals surface area (Å²) in [6.45, 7) is 3.68. The molecule has 4 atom stereocenters. The number of hydrogen-bond acceptors (Lipinski definition) is 3. The molecule has 5 nitrogen and oxygen atoms in total. The molecule has 2 saturated carbocycles. The first-order valence-corrected chi connectivity index (χ1v) is 12.2. The van der Waals surface area contributed by atoms with E-state index in [0.29, 0.717) is 30.5 Å². The fourth-order valence-electron chi connectivity index (χ4n) is 5.76. The summed E-state index contributed by atoms with van der Waals surface area (Å²) in [7, 11) is 0. The van der Waals surface area contributed by atoms with E-state index >= 15 is 0 Å². The van der Waals surface area contributed by atoms with Gasteiger partial charge >= 0.3 is 0 Å². The van der Waals surface area contributed by atoms with Gasteiger partial charge in [-0.1, -0.05) is 37.3 Å². The lowest BCUT2D eigenvalue weighted by molar-refractivity contribution is -0.140. The van der Waals surface area contributed by atoms with Gasteiger partial charge < -0.3 is 9.64 Å². The van der Waals surface area contributed by atoms with Crippen LogP contribution in [0.3, 0.4) is 0 Å². The predicted molar refractivity (Wildman–Crippen MR) is 121 cm³/mol. The second-order valence-electron chi connectivity index (χ2n) is 9.88. The number of aromatic amines is 1. The Morgan fingerprint density at radius 3 is 2.58 bits per heavy atom. The van der Waals surface area contributed by atoms with E-state index in [4.69, 9.17) is 4.74 Å². The Bertz CT molecular complexity index is 845. The van der Waals surface area contributed by atoms with Crippen LogP contribution in [0, 0.1) is 11.8 Å². The van der Waals surface area contributed by atoms with Crippen LogP contribution in [-0.2, 0) is 9.53 Å². The van der Waals surface area contributed by atoms with Crippen molar-refractivity contribution in [1.29, 1.82) is 0 Å². The Morgan fingerprint density at radius 2 is 1.90 bits per heavy atom. The normalized spacial score (nSPS) is 33.3. The van der Waals surface area contributed by atoms with E-state index in [2.05, 4.69) is 58.4 Å². The summed E-state index contributed by atoms with van der Waals surface area (Å²) in [5, 5.41) is 7.44. The summed E-state index contributed by atoms with van der Waals surface area (Å²) in [4.78, 5) is 15.3. The van der Waals surface area contributed by atoms with Gasteiger partial charge in [0.1, 0.15) is 0 Å². The number of amides is 1. The molecular weight excluding hydrogens is 386 g/mol. The molecule has 0 radical (unpaired) electrons. The molecule has 2 heterocycles. The lowest BCUT2D eigenvalue weighted by atomic mass is 9.82. The van der Waals surface area contributed by atoms with E-state index in [1.807, 2.05) is 6.20 Å². The average molecular weight is 422 g/mol. The highest BCUT2D eigenvalue weighted by Crippen LogP contribution is 2.42. The van der Waals surface area contributed by atoms with E-state index in [9.17, 15) is 4.79 Å². The van der Waals surface area contributed by atoms with Crippen LogP contribution in [0.1, 0.15) is 75.0 Å². The Hall–Kier alpha value is -2.14. The van der Waals surface area contributed by atoms with E-state index in [-0.39, 0.29) is 17.9 Å². The van der Waals surface area contributed by atoms with Crippen molar-refractivity contribution >= 4 is 5.91 Å². The van der Waals surface area contributed by atoms with Crippen LogP contribution in [0.2, 0.25) is 0 Å². The van der Waals surface area contributed by atoms with Crippen molar-refractivity contribution in [2.24, 2.45) is 11.8 Å². The van der Waals surface area contributed by atoms with Gasteiger partial charge in [-0.3, -0.25) is 9.89 Å². The number of ether oxygens (including phenoxy) is 1. The maximum atomic E-state index is 13.2. The smallest absolute Gasteiger partial charge is 0.226 e. The van der Waals surface area contributed by atoms with Crippen LogP contribution < -0.4 is 0 Å². The van der Waals surface area contributed by atoms with Crippen LogP contribution >= 0.6 is 0 Å². The topological polar surface area (TPSA) is 58.2 Å². The Balaban J connectivity index is 1.23. The zero-order valence-electron chi connectivity index (χ0n) is 18.6. The van der Waals surface area contributed by atoms with Gasteiger partial charge in [-0.05, 0) is 68.4 Å². The van der Waals surface area contributed by atoms with Crippen molar-refractivity contribution in [1.82, 2.24) is 15.1 Å². The summed E-state index contributed by atoms with van der Waals surface area (Å²) in [5.74, 6) is 2.02. The molecule has 1 aliphatic heterocycles. The van der Waals surface area contributed by atoms with Crippen LogP contribution in [0.5, 0.6) is 0 Å². The molecule has 1 saturated heterocycles. The van der Waals surface area contributed by atoms with Gasteiger partial charge in [0.05, 0.1) is 24.4 Å². The summed E-state index contributed by atoms with van der Waals surface area (Å²) in [6, 6.07) is 13.1. The second kappa shape index (κ2) is 9.15. The molecule has 5 rings (SSSR count). The van der Waals surface area contributed by atoms with Crippen molar-refractivity contribution < 1.29 is 9.53 Å². The fraction of sp³-hybridized carbons (Fsp3) is 0.615. The van der Waals surface area contributed by atoms with Gasteiger partial charge in [0.15, 0.2) is 0 Å². The van der Waals surface area contributed by atoms with Crippen LogP contribution in [0.15, 0.2) is 42.6 Å². The average Bonchev–Trinajstić information content (AvgIpc) is 3.31. The summed E-state index contributed by atoms with van der Waals surface area (Å²) in [5.41, 5.74) is 2.53. The number of H-pyrrole nitrogens is 1. The maximum Gasteiger partial charge on any atom is 0.226 e. The lowest BCUT2D eigenvalue weighted by Crippen LogP contribution is -2.51. The highest BCUT2D eigenvalue weighted by Gasteiger charge is 2.46. The molecule has 0 bridgehead atoms. The molecular formula is C26H35N3O2. The van der Waals surface area contributed by atoms with Gasteiger partial charge in [-0.2, -0.15) is 5.10 Å². The first-order valence-electron chi connectivity index (χ1n) is 12.2. The van der Waals surface area contributed by atoms with E-state index in [1.165, 1.54) is 18.4 Å². The number of likely N-dealkylation sites (tertiary alicyclic amines) is 1.